The SMILES string of the molecule is CCc1c(C(=O)O)nc(-c2ccccc2OC)n(CCc2cccc(F)c2)c1=O. The molecule has 0 amide bonds. The average Bonchev–Trinajstić information content (AvgIpc) is 2.72. The number of carboxylic acid groups (broad SMARTS) is 1. The van der Waals surface area contributed by atoms with Crippen molar-refractivity contribution in [1.29, 1.82) is 0 Å². The van der Waals surface area contributed by atoms with Gasteiger partial charge in [-0.3, -0.25) is 9.36 Å². The van der Waals surface area contributed by atoms with Gasteiger partial charge < -0.3 is 9.84 Å². The Morgan fingerprint density at radius 2 is 1.97 bits per heavy atom. The lowest BCUT2D eigenvalue weighted by Crippen LogP contribution is -2.30. The molecule has 0 radical (unpaired) electrons. The van der Waals surface area contributed by atoms with Crippen LogP contribution in [0.25, 0.3) is 11.4 Å². The van der Waals surface area contributed by atoms with Gasteiger partial charge in [-0.25, -0.2) is 14.2 Å². The minimum Gasteiger partial charge on any atom is -0.496 e. The molecule has 1 aromatic heterocycles. The number of carbonyl (C=O) groups is 1. The maximum Gasteiger partial charge on any atom is 0.355 e. The van der Waals surface area contributed by atoms with E-state index in [0.29, 0.717) is 17.7 Å². The second-order valence-electron chi connectivity index (χ2n) is 6.46. The average molecular weight is 396 g/mol. The second kappa shape index (κ2) is 8.68. The van der Waals surface area contributed by atoms with E-state index in [4.69, 9.17) is 4.74 Å². The summed E-state index contributed by atoms with van der Waals surface area (Å²) in [4.78, 5) is 29.2. The molecule has 6 nitrogen and oxygen atoms in total. The number of halogens is 1. The van der Waals surface area contributed by atoms with E-state index in [1.165, 1.54) is 23.8 Å². The molecule has 1 heterocycles. The van der Waals surface area contributed by atoms with Crippen LogP contribution in [0.15, 0.2) is 53.3 Å². The molecule has 0 saturated carbocycles. The third kappa shape index (κ3) is 4.18. The van der Waals surface area contributed by atoms with Crippen molar-refractivity contribution in [2.24, 2.45) is 0 Å². The standard InChI is InChI=1S/C22H21FN2O4/c1-3-16-19(22(27)28)24-20(17-9-4-5-10-18(17)29-2)25(21(16)26)12-11-14-7-6-8-15(23)13-14/h4-10,13H,3,11-12H2,1-2H3,(H,27,28). The number of nitrogens with zero attached hydrogens (tertiary/aromatic N) is 2. The zero-order valence-corrected chi connectivity index (χ0v) is 16.2. The predicted octanol–water partition coefficient (Wildman–Crippen LogP) is 3.56. The highest BCUT2D eigenvalue weighted by atomic mass is 19.1. The van der Waals surface area contributed by atoms with E-state index in [1.54, 1.807) is 43.3 Å². The van der Waals surface area contributed by atoms with Crippen molar-refractivity contribution in [3.8, 4) is 17.1 Å². The van der Waals surface area contributed by atoms with Crippen LogP contribution in [0.4, 0.5) is 4.39 Å². The maximum atomic E-state index is 13.5. The van der Waals surface area contributed by atoms with Crippen LogP contribution in [-0.2, 0) is 19.4 Å². The Morgan fingerprint density at radius 1 is 1.21 bits per heavy atom. The van der Waals surface area contributed by atoms with Gasteiger partial charge >= 0.3 is 5.97 Å². The molecule has 3 aromatic rings. The molecule has 0 saturated heterocycles. The molecule has 7 heteroatoms. The molecule has 1 N–H and O–H groups in total. The number of benzene rings is 2. The highest BCUT2D eigenvalue weighted by Crippen LogP contribution is 2.28. The minimum atomic E-state index is -1.26. The van der Waals surface area contributed by atoms with E-state index in [2.05, 4.69) is 4.98 Å². The summed E-state index contributed by atoms with van der Waals surface area (Å²) in [6.45, 7) is 1.93. The van der Waals surface area contributed by atoms with Gasteiger partial charge in [0.2, 0.25) is 0 Å². The number of aromatic carboxylic acids is 1. The number of aryl methyl sites for hydroxylation is 1. The molecule has 0 unspecified atom stereocenters. The summed E-state index contributed by atoms with van der Waals surface area (Å²) in [7, 11) is 1.49. The van der Waals surface area contributed by atoms with E-state index in [9.17, 15) is 19.1 Å². The largest absolute Gasteiger partial charge is 0.496 e. The van der Waals surface area contributed by atoms with E-state index in [1.807, 2.05) is 0 Å². The van der Waals surface area contributed by atoms with Crippen molar-refractivity contribution in [2.45, 2.75) is 26.3 Å². The number of methoxy groups -OCH3 is 1. The highest BCUT2D eigenvalue weighted by Gasteiger charge is 2.22. The quantitative estimate of drug-likeness (QED) is 0.660. The monoisotopic (exact) mass is 396 g/mol. The molecule has 150 valence electrons. The van der Waals surface area contributed by atoms with Crippen LogP contribution in [-0.4, -0.2) is 27.7 Å². The minimum absolute atomic E-state index is 0.135. The van der Waals surface area contributed by atoms with Crippen LogP contribution in [0.1, 0.15) is 28.5 Å². The first-order chi connectivity index (χ1) is 14.0. The zero-order valence-electron chi connectivity index (χ0n) is 16.2. The third-order valence-corrected chi connectivity index (χ3v) is 4.68. The molecular weight excluding hydrogens is 375 g/mol. The fraction of sp³-hybridized carbons (Fsp3) is 0.227. The van der Waals surface area contributed by atoms with Gasteiger partial charge in [-0.1, -0.05) is 31.2 Å². The summed E-state index contributed by atoms with van der Waals surface area (Å²) in [5.41, 5.74) is 0.688. The van der Waals surface area contributed by atoms with E-state index >= 15 is 0 Å². The van der Waals surface area contributed by atoms with Crippen molar-refractivity contribution in [3.05, 3.63) is 81.5 Å². The molecule has 0 aliphatic heterocycles. The Balaban J connectivity index is 2.19. The van der Waals surface area contributed by atoms with Crippen LogP contribution in [0, 0.1) is 5.82 Å². The number of rotatable bonds is 7. The van der Waals surface area contributed by atoms with Gasteiger partial charge in [0.1, 0.15) is 17.4 Å². The lowest BCUT2D eigenvalue weighted by atomic mass is 10.1. The van der Waals surface area contributed by atoms with Crippen LogP contribution in [0.2, 0.25) is 0 Å². The van der Waals surface area contributed by atoms with E-state index < -0.39 is 11.5 Å². The fourth-order valence-electron chi connectivity index (χ4n) is 3.27. The van der Waals surface area contributed by atoms with Crippen molar-refractivity contribution < 1.29 is 19.0 Å². The van der Waals surface area contributed by atoms with Crippen LogP contribution in [0.5, 0.6) is 5.75 Å². The lowest BCUT2D eigenvalue weighted by Gasteiger charge is -2.17. The van der Waals surface area contributed by atoms with Gasteiger partial charge in [0.15, 0.2) is 5.69 Å². The van der Waals surface area contributed by atoms with Gasteiger partial charge in [0.05, 0.1) is 18.2 Å². The first kappa shape index (κ1) is 20.3. The van der Waals surface area contributed by atoms with E-state index in [-0.39, 0.29) is 35.9 Å². The summed E-state index contributed by atoms with van der Waals surface area (Å²) in [5, 5.41) is 9.56. The molecule has 0 aliphatic rings. The number of para-hydroxylation sites is 1. The Labute approximate surface area is 167 Å². The Kier molecular flexibility index (Phi) is 6.07. The number of ether oxygens (including phenoxy) is 1. The Morgan fingerprint density at radius 3 is 2.62 bits per heavy atom. The molecule has 2 aromatic carbocycles. The summed E-state index contributed by atoms with van der Waals surface area (Å²) >= 11 is 0. The van der Waals surface area contributed by atoms with E-state index in [0.717, 1.165) is 5.56 Å². The molecule has 0 bridgehead atoms. The van der Waals surface area contributed by atoms with Crippen LogP contribution in [0.3, 0.4) is 0 Å². The van der Waals surface area contributed by atoms with Crippen molar-refractivity contribution in [2.75, 3.05) is 7.11 Å². The van der Waals surface area contributed by atoms with Crippen LogP contribution >= 0.6 is 0 Å². The number of aromatic nitrogens is 2. The first-order valence-electron chi connectivity index (χ1n) is 9.21. The smallest absolute Gasteiger partial charge is 0.355 e. The van der Waals surface area contributed by atoms with Gasteiger partial charge in [0.25, 0.3) is 5.56 Å². The second-order valence-corrected chi connectivity index (χ2v) is 6.46. The molecule has 0 aliphatic carbocycles. The van der Waals surface area contributed by atoms with Gasteiger partial charge in [0, 0.05) is 6.54 Å². The van der Waals surface area contributed by atoms with Crippen molar-refractivity contribution in [3.63, 3.8) is 0 Å². The summed E-state index contributed by atoms with van der Waals surface area (Å²) < 4.78 is 20.3. The van der Waals surface area contributed by atoms with Crippen LogP contribution < -0.4 is 10.3 Å². The number of carboxylic acids is 1. The van der Waals surface area contributed by atoms with Gasteiger partial charge in [-0.15, -0.1) is 0 Å². The molecular formula is C22H21FN2O4. The molecule has 0 spiro atoms. The highest BCUT2D eigenvalue weighted by molar-refractivity contribution is 5.87. The fourth-order valence-corrected chi connectivity index (χ4v) is 3.27. The number of hydrogen-bond acceptors (Lipinski definition) is 4. The molecule has 0 atom stereocenters. The first-order valence-corrected chi connectivity index (χ1v) is 9.21. The lowest BCUT2D eigenvalue weighted by molar-refractivity contribution is 0.0688. The van der Waals surface area contributed by atoms with Gasteiger partial charge in [-0.2, -0.15) is 0 Å². The molecule has 29 heavy (non-hydrogen) atoms. The predicted molar refractivity (Wildman–Crippen MR) is 107 cm³/mol. The summed E-state index contributed by atoms with van der Waals surface area (Å²) in [6.07, 6.45) is 0.622. The zero-order chi connectivity index (χ0) is 21.0. The maximum absolute atomic E-state index is 13.5. The molecule has 3 rings (SSSR count). The van der Waals surface area contributed by atoms with Gasteiger partial charge in [-0.05, 0) is 42.7 Å². The van der Waals surface area contributed by atoms with Crippen molar-refractivity contribution in [1.82, 2.24) is 9.55 Å². The van der Waals surface area contributed by atoms with Crippen molar-refractivity contribution >= 4 is 5.97 Å². The topological polar surface area (TPSA) is 81.4 Å². The summed E-state index contributed by atoms with van der Waals surface area (Å²) in [6, 6.07) is 13.1. The third-order valence-electron chi connectivity index (χ3n) is 4.68. The Bertz CT molecular complexity index is 1110. The normalized spacial score (nSPS) is 10.7. The Hall–Kier alpha value is -3.48. The number of hydrogen-bond donors (Lipinski definition) is 1. The summed E-state index contributed by atoms with van der Waals surface area (Å²) in [5.74, 6) is -0.932. The molecule has 0 fully saturated rings.